The van der Waals surface area contributed by atoms with Crippen molar-refractivity contribution in [3.8, 4) is 0 Å². The average molecular weight is 457 g/mol. The van der Waals surface area contributed by atoms with Crippen molar-refractivity contribution in [1.82, 2.24) is 16.0 Å². The molecule has 2 unspecified atom stereocenters. The number of benzene rings is 1. The van der Waals surface area contributed by atoms with Crippen LogP contribution >= 0.6 is 0 Å². The van der Waals surface area contributed by atoms with Crippen LogP contribution in [0.2, 0.25) is 0 Å². The molecule has 0 aromatic heterocycles. The number of methoxy groups -OCH3 is 1. The second kappa shape index (κ2) is 10.9. The highest BCUT2D eigenvalue weighted by Crippen LogP contribution is 2.28. The average Bonchev–Trinajstić information content (AvgIpc) is 3.09. The summed E-state index contributed by atoms with van der Waals surface area (Å²) in [7, 11) is -3.66. The lowest BCUT2D eigenvalue weighted by atomic mass is 9.91. The van der Waals surface area contributed by atoms with Crippen molar-refractivity contribution in [2.24, 2.45) is 5.92 Å². The van der Waals surface area contributed by atoms with Crippen LogP contribution in [0.3, 0.4) is 0 Å². The molecule has 1 aromatic carbocycles. The first kappa shape index (κ1) is 24.4. The summed E-state index contributed by atoms with van der Waals surface area (Å²) in [5, 5.41) is 7.14. The van der Waals surface area contributed by atoms with E-state index >= 15 is 0 Å². The highest BCUT2D eigenvalue weighted by molar-refractivity contribution is 7.86. The minimum absolute atomic E-state index is 0.120. The van der Waals surface area contributed by atoms with E-state index in [0.717, 1.165) is 7.11 Å². The molecule has 170 valence electrons. The van der Waals surface area contributed by atoms with Gasteiger partial charge in [0.15, 0.2) is 0 Å². The molecule has 1 fully saturated rings. The highest BCUT2D eigenvalue weighted by atomic mass is 32.2. The molecule has 2 rings (SSSR count). The Balaban J connectivity index is 2.30. The number of alkyl carbamates (subject to hydrolysis) is 1. The van der Waals surface area contributed by atoms with Gasteiger partial charge < -0.3 is 14.8 Å². The summed E-state index contributed by atoms with van der Waals surface area (Å²) in [5.41, 5.74) is -0.788. The first-order valence-electron chi connectivity index (χ1n) is 9.19. The van der Waals surface area contributed by atoms with Gasteiger partial charge >= 0.3 is 12.6 Å². The number of nitrogens with one attached hydrogen (secondary N) is 3. The van der Waals surface area contributed by atoms with E-state index in [1.165, 1.54) is 0 Å². The molecule has 1 heterocycles. The molecule has 1 aromatic rings. The van der Waals surface area contributed by atoms with Crippen molar-refractivity contribution in [3.63, 3.8) is 0 Å². The van der Waals surface area contributed by atoms with Gasteiger partial charge in [-0.1, -0.05) is 24.3 Å². The van der Waals surface area contributed by atoms with Gasteiger partial charge in [0, 0.05) is 19.6 Å². The molecule has 12 nitrogen and oxygen atoms in total. The maximum absolute atomic E-state index is 12.0. The maximum atomic E-state index is 12.0. The molecule has 13 heteroatoms. The molecule has 0 spiro atoms. The monoisotopic (exact) mass is 457 g/mol. The second-order valence-corrected chi connectivity index (χ2v) is 8.20. The molecule has 0 saturated carbocycles. The van der Waals surface area contributed by atoms with Crippen LogP contribution in [0.25, 0.3) is 0 Å². The number of carbonyl (C=O) groups is 4. The fraction of sp³-hybridized carbons (Fsp3) is 0.444. The summed E-state index contributed by atoms with van der Waals surface area (Å²) in [6.45, 7) is -0.198. The first-order chi connectivity index (χ1) is 14.7. The molecule has 0 radical (unpaired) electrons. The fourth-order valence-corrected chi connectivity index (χ4v) is 4.18. The largest absolute Gasteiger partial charge is 0.421 e. The van der Waals surface area contributed by atoms with Crippen LogP contribution in [-0.4, -0.2) is 63.0 Å². The van der Waals surface area contributed by atoms with Crippen molar-refractivity contribution in [2.45, 2.75) is 24.3 Å². The van der Waals surface area contributed by atoms with Gasteiger partial charge in [-0.05, 0) is 24.0 Å². The number of hydrogen-bond acceptors (Lipinski definition) is 9. The van der Waals surface area contributed by atoms with E-state index in [1.807, 2.05) is 0 Å². The molecule has 31 heavy (non-hydrogen) atoms. The smallest absolute Gasteiger partial charge is 0.378 e. The van der Waals surface area contributed by atoms with Gasteiger partial charge in [0.25, 0.3) is 10.1 Å². The Morgan fingerprint density at radius 3 is 2.65 bits per heavy atom. The maximum Gasteiger partial charge on any atom is 0.421 e. The minimum atomic E-state index is -4.73. The number of hydrogen-bond donors (Lipinski definition) is 4. The van der Waals surface area contributed by atoms with Crippen LogP contribution in [0.1, 0.15) is 23.6 Å². The van der Waals surface area contributed by atoms with E-state index in [0.29, 0.717) is 30.5 Å². The Morgan fingerprint density at radius 1 is 1.35 bits per heavy atom. The summed E-state index contributed by atoms with van der Waals surface area (Å²) < 4.78 is 42.4. The Kier molecular flexibility index (Phi) is 8.62. The summed E-state index contributed by atoms with van der Waals surface area (Å²) in [4.78, 5) is 45.2. The van der Waals surface area contributed by atoms with Crippen LogP contribution < -0.4 is 16.0 Å². The molecular formula is C18H23N3O9S. The Morgan fingerprint density at radius 2 is 2.06 bits per heavy atom. The van der Waals surface area contributed by atoms with E-state index in [1.54, 1.807) is 29.6 Å². The standard InChI is InChI=1S/C18H23N3O9S/c1-29-17(31(26,27)28)15(20-9-14(23)21-18(25)30-10-22)13-5-3-2-4-11(13)8-12-6-7-19-16(12)24/h2-5,10,12,15,17,20H,6-9H2,1H3,(H,19,24)(H,21,23,25)(H,26,27,28)/t12-,15?,17?/m1/s1. The topological polar surface area (TPSA) is 177 Å². The molecule has 3 atom stereocenters. The number of carbonyl (C=O) groups excluding carboxylic acids is 4. The molecule has 0 bridgehead atoms. The SMILES string of the molecule is COC(C(NCC(=O)NC(=O)OC=O)c1ccccc1C[C@H]1CCNC1=O)S(=O)(=O)O. The van der Waals surface area contributed by atoms with Crippen LogP contribution in [0.4, 0.5) is 4.79 Å². The Hall–Kier alpha value is -2.87. The van der Waals surface area contributed by atoms with Gasteiger partial charge in [-0.25, -0.2) is 4.79 Å². The van der Waals surface area contributed by atoms with E-state index in [-0.39, 0.29) is 18.3 Å². The first-order valence-corrected chi connectivity index (χ1v) is 10.7. The lowest BCUT2D eigenvalue weighted by Crippen LogP contribution is -2.44. The van der Waals surface area contributed by atoms with E-state index in [2.05, 4.69) is 15.4 Å². The molecule has 1 aliphatic heterocycles. The lowest BCUT2D eigenvalue weighted by molar-refractivity contribution is -0.124. The summed E-state index contributed by atoms with van der Waals surface area (Å²) in [6, 6.07) is 5.39. The van der Waals surface area contributed by atoms with E-state index in [4.69, 9.17) is 4.74 Å². The number of amides is 3. The van der Waals surface area contributed by atoms with Gasteiger partial charge in [-0.15, -0.1) is 0 Å². The lowest BCUT2D eigenvalue weighted by Gasteiger charge is -2.27. The highest BCUT2D eigenvalue weighted by Gasteiger charge is 2.36. The van der Waals surface area contributed by atoms with Crippen LogP contribution in [0.15, 0.2) is 24.3 Å². The summed E-state index contributed by atoms with van der Waals surface area (Å²) >= 11 is 0. The van der Waals surface area contributed by atoms with Crippen molar-refractivity contribution in [3.05, 3.63) is 35.4 Å². The Bertz CT molecular complexity index is 935. The van der Waals surface area contributed by atoms with Gasteiger partial charge in [-0.2, -0.15) is 8.42 Å². The van der Waals surface area contributed by atoms with E-state index in [9.17, 15) is 32.1 Å². The molecule has 3 amide bonds. The number of ether oxygens (including phenoxy) is 2. The number of imide groups is 1. The van der Waals surface area contributed by atoms with Crippen molar-refractivity contribution in [2.75, 3.05) is 20.2 Å². The van der Waals surface area contributed by atoms with Crippen LogP contribution in [0.5, 0.6) is 0 Å². The third kappa shape index (κ3) is 6.82. The molecule has 4 N–H and O–H groups in total. The molecule has 1 aliphatic rings. The van der Waals surface area contributed by atoms with E-state index < -0.39 is 40.1 Å². The zero-order valence-electron chi connectivity index (χ0n) is 16.6. The van der Waals surface area contributed by atoms with Crippen molar-refractivity contribution in [1.29, 1.82) is 0 Å². The second-order valence-electron chi connectivity index (χ2n) is 6.71. The fourth-order valence-electron chi connectivity index (χ4n) is 3.35. The third-order valence-corrected chi connectivity index (χ3v) is 5.75. The minimum Gasteiger partial charge on any atom is -0.378 e. The third-order valence-electron chi connectivity index (χ3n) is 4.70. The summed E-state index contributed by atoms with van der Waals surface area (Å²) in [5.74, 6) is -1.35. The molecular weight excluding hydrogens is 434 g/mol. The molecule has 0 aliphatic carbocycles. The van der Waals surface area contributed by atoms with Gasteiger partial charge in [0.05, 0.1) is 12.6 Å². The van der Waals surface area contributed by atoms with Crippen LogP contribution in [0, 0.1) is 5.92 Å². The molecule has 1 saturated heterocycles. The predicted molar refractivity (Wildman–Crippen MR) is 105 cm³/mol. The van der Waals surface area contributed by atoms with Gasteiger partial charge in [-0.3, -0.25) is 29.6 Å². The van der Waals surface area contributed by atoms with Gasteiger partial charge in [0.2, 0.25) is 17.3 Å². The van der Waals surface area contributed by atoms with Crippen molar-refractivity contribution >= 4 is 34.5 Å². The van der Waals surface area contributed by atoms with Crippen LogP contribution in [-0.2, 0) is 40.4 Å². The van der Waals surface area contributed by atoms with Crippen molar-refractivity contribution < 1.29 is 41.6 Å². The van der Waals surface area contributed by atoms with Gasteiger partial charge in [0.1, 0.15) is 0 Å². The quantitative estimate of drug-likeness (QED) is 0.199. The Labute approximate surface area is 178 Å². The number of rotatable bonds is 10. The summed E-state index contributed by atoms with van der Waals surface area (Å²) in [6.07, 6.45) is -0.387. The predicted octanol–water partition coefficient (Wildman–Crippen LogP) is -0.735. The normalized spacial score (nSPS) is 18.0. The zero-order valence-corrected chi connectivity index (χ0v) is 17.4. The zero-order chi connectivity index (χ0) is 23.0.